The molecule has 240 valence electrons. The van der Waals surface area contributed by atoms with E-state index in [4.69, 9.17) is 37.7 Å². The molecule has 2 saturated carbocycles. The van der Waals surface area contributed by atoms with Crippen LogP contribution in [-0.2, 0) is 17.9 Å². The Labute approximate surface area is 276 Å². The van der Waals surface area contributed by atoms with Gasteiger partial charge in [-0.05, 0) is 18.9 Å². The van der Waals surface area contributed by atoms with Crippen LogP contribution in [0.4, 0.5) is 22.2 Å². The number of hydrogen-bond acceptors (Lipinski definition) is 9. The number of fused-ring (bicyclic) bond motifs is 1. The zero-order valence-electron chi connectivity index (χ0n) is 25.4. The molecule has 6 rings (SSSR count). The van der Waals surface area contributed by atoms with Crippen LogP contribution in [0.3, 0.4) is 0 Å². The van der Waals surface area contributed by atoms with Crippen molar-refractivity contribution in [1.29, 1.82) is 0 Å². The average Bonchev–Trinajstić information content (AvgIpc) is 3.53. The number of aromatic nitrogens is 3. The fourth-order valence-corrected chi connectivity index (χ4v) is 6.62. The lowest BCUT2D eigenvalue weighted by Gasteiger charge is -2.37. The van der Waals surface area contributed by atoms with Crippen LogP contribution in [0.2, 0.25) is 10.0 Å². The Balaban J connectivity index is 0.000000927. The Bertz CT molecular complexity index is 1490. The summed E-state index contributed by atoms with van der Waals surface area (Å²) in [6, 6.07) is 1.01. The van der Waals surface area contributed by atoms with E-state index in [1.54, 1.807) is 18.5 Å². The highest BCUT2D eigenvalue weighted by atomic mass is 35.5. The molecule has 2 aromatic heterocycles. The highest BCUT2D eigenvalue weighted by molar-refractivity contribution is 7.09. The predicted molar refractivity (Wildman–Crippen MR) is 178 cm³/mol. The van der Waals surface area contributed by atoms with Crippen molar-refractivity contribution < 1.29 is 19.1 Å². The first kappa shape index (κ1) is 32.8. The van der Waals surface area contributed by atoms with Gasteiger partial charge in [-0.15, -0.1) is 11.3 Å². The molecule has 2 atom stereocenters. The minimum Gasteiger partial charge on any atom is -0.495 e. The molecule has 3 amide bonds. The van der Waals surface area contributed by atoms with Gasteiger partial charge in [-0.2, -0.15) is 4.98 Å². The molecule has 1 aromatic carbocycles. The van der Waals surface area contributed by atoms with Crippen molar-refractivity contribution in [2.75, 3.05) is 29.3 Å². The lowest BCUT2D eigenvalue weighted by atomic mass is 9.90. The number of benzene rings is 1. The van der Waals surface area contributed by atoms with Gasteiger partial charge in [-0.25, -0.2) is 14.8 Å². The molecule has 0 radical (unpaired) electrons. The van der Waals surface area contributed by atoms with Crippen LogP contribution in [0.15, 0.2) is 36.5 Å². The third-order valence-corrected chi connectivity index (χ3v) is 9.57. The number of ether oxygens (including phenoxy) is 2. The molecule has 3 aliphatic rings. The molecule has 1 aliphatic heterocycles. The van der Waals surface area contributed by atoms with Crippen molar-refractivity contribution in [2.24, 2.45) is 0 Å². The number of urea groups is 1. The van der Waals surface area contributed by atoms with Crippen LogP contribution in [-0.4, -0.2) is 53.2 Å². The largest absolute Gasteiger partial charge is 0.495 e. The molecule has 11 nitrogen and oxygen atoms in total. The van der Waals surface area contributed by atoms with Crippen molar-refractivity contribution in [3.05, 3.63) is 57.1 Å². The first-order valence-corrected chi connectivity index (χ1v) is 16.6. The van der Waals surface area contributed by atoms with Gasteiger partial charge in [0.25, 0.3) is 0 Å². The molecule has 2 N–H and O–H groups in total. The molecule has 0 saturated heterocycles. The Morgan fingerprint density at radius 2 is 1.73 bits per heavy atom. The number of anilines is 3. The Morgan fingerprint density at radius 3 is 2.31 bits per heavy atom. The summed E-state index contributed by atoms with van der Waals surface area (Å²) in [6.07, 6.45) is 14.3. The van der Waals surface area contributed by atoms with Crippen LogP contribution >= 0.6 is 34.5 Å². The number of rotatable bonds is 9. The summed E-state index contributed by atoms with van der Waals surface area (Å²) in [5.74, 6) is 1.21. The van der Waals surface area contributed by atoms with E-state index in [0.29, 0.717) is 28.8 Å². The number of hydrogen-bond donors (Lipinski definition) is 2. The lowest BCUT2D eigenvalue weighted by Crippen LogP contribution is -2.49. The van der Waals surface area contributed by atoms with E-state index in [2.05, 4.69) is 27.2 Å². The van der Waals surface area contributed by atoms with Gasteiger partial charge in [-0.3, -0.25) is 14.6 Å². The van der Waals surface area contributed by atoms with Gasteiger partial charge in [0.1, 0.15) is 32.4 Å². The third-order valence-electron chi connectivity index (χ3n) is 8.08. The summed E-state index contributed by atoms with van der Waals surface area (Å²) in [5, 5.41) is 9.30. The van der Waals surface area contributed by atoms with Crippen molar-refractivity contribution in [2.45, 2.75) is 76.5 Å². The molecule has 2 fully saturated rings. The van der Waals surface area contributed by atoms with Gasteiger partial charge in [-0.1, -0.05) is 68.3 Å². The van der Waals surface area contributed by atoms with Crippen molar-refractivity contribution in [3.8, 4) is 11.5 Å². The van der Waals surface area contributed by atoms with Gasteiger partial charge >= 0.3 is 6.03 Å². The number of nitrogens with zero attached hydrogens (tertiary/aromatic N) is 5. The maximum absolute atomic E-state index is 14.1. The molecule has 2 aliphatic carbocycles. The summed E-state index contributed by atoms with van der Waals surface area (Å²) in [7, 11) is 2.95. The fourth-order valence-electron chi connectivity index (χ4n) is 5.31. The summed E-state index contributed by atoms with van der Waals surface area (Å²) in [6.45, 7) is 3.84. The average molecular weight is 675 g/mol. The molecule has 14 heteroatoms. The number of amides is 3. The second-order valence-electron chi connectivity index (χ2n) is 10.9. The number of methoxy groups -OCH3 is 2. The lowest BCUT2D eigenvalue weighted by molar-refractivity contribution is -0.117. The highest BCUT2D eigenvalue weighted by Crippen LogP contribution is 2.48. The van der Waals surface area contributed by atoms with Crippen molar-refractivity contribution in [3.63, 3.8) is 0 Å². The Morgan fingerprint density at radius 1 is 1.07 bits per heavy atom. The number of thiazole rings is 1. The van der Waals surface area contributed by atoms with Crippen LogP contribution < -0.4 is 29.9 Å². The van der Waals surface area contributed by atoms with E-state index in [9.17, 15) is 9.59 Å². The molecule has 3 aromatic rings. The number of carbonyl (C=O) groups excluding carboxylic acids is 2. The highest BCUT2D eigenvalue weighted by Gasteiger charge is 2.37. The molecule has 0 bridgehead atoms. The van der Waals surface area contributed by atoms with E-state index in [1.807, 2.05) is 5.38 Å². The second-order valence-corrected chi connectivity index (χ2v) is 12.7. The predicted octanol–water partition coefficient (Wildman–Crippen LogP) is 6.99. The van der Waals surface area contributed by atoms with Crippen LogP contribution in [0, 0.1) is 0 Å². The van der Waals surface area contributed by atoms with E-state index in [0.717, 1.165) is 30.7 Å². The van der Waals surface area contributed by atoms with Crippen molar-refractivity contribution in [1.82, 2.24) is 20.3 Å². The van der Waals surface area contributed by atoms with Gasteiger partial charge in [0, 0.05) is 41.5 Å². The maximum atomic E-state index is 14.1. The van der Waals surface area contributed by atoms with Crippen LogP contribution in [0.5, 0.6) is 11.5 Å². The van der Waals surface area contributed by atoms with Gasteiger partial charge in [0.15, 0.2) is 0 Å². The molecule has 45 heavy (non-hydrogen) atoms. The van der Waals surface area contributed by atoms with Gasteiger partial charge in [0.2, 0.25) is 11.9 Å². The minimum absolute atomic E-state index is 0.0734. The SMILES string of the molecule is C1CCC1.C=CC(=O)NC1CCCCC1Nc1ncc2c(n1)N(Cc1nccs1)C(=O)N(c1c(Cl)c(OC)cc(OC)c1Cl)C2. The van der Waals surface area contributed by atoms with E-state index >= 15 is 0 Å². The summed E-state index contributed by atoms with van der Waals surface area (Å²) in [5.41, 5.74) is 0.940. The normalized spacial score (nSPS) is 19.0. The quantitative estimate of drug-likeness (QED) is 0.233. The molecule has 3 heterocycles. The first-order valence-electron chi connectivity index (χ1n) is 15.0. The third kappa shape index (κ3) is 7.45. The summed E-state index contributed by atoms with van der Waals surface area (Å²) >= 11 is 14.8. The first-order chi connectivity index (χ1) is 21.8. The van der Waals surface area contributed by atoms with E-state index in [1.165, 1.54) is 67.1 Å². The molecular formula is C31H37Cl2N7O4S. The Hall–Kier alpha value is -3.61. The van der Waals surface area contributed by atoms with Crippen LogP contribution in [0.25, 0.3) is 0 Å². The van der Waals surface area contributed by atoms with Gasteiger partial charge in [0.05, 0.1) is 33.0 Å². The number of nitrogens with one attached hydrogen (secondary N) is 2. The second kappa shape index (κ2) is 15.1. The molecule has 0 spiro atoms. The zero-order chi connectivity index (χ0) is 31.9. The van der Waals surface area contributed by atoms with Crippen LogP contribution in [0.1, 0.15) is 61.9 Å². The zero-order valence-corrected chi connectivity index (χ0v) is 27.7. The Kier molecular flexibility index (Phi) is 11.0. The smallest absolute Gasteiger partial charge is 0.330 e. The van der Waals surface area contributed by atoms with E-state index in [-0.39, 0.29) is 46.8 Å². The summed E-state index contributed by atoms with van der Waals surface area (Å²) in [4.78, 5) is 42.8. The topological polar surface area (TPSA) is 122 Å². The van der Waals surface area contributed by atoms with E-state index < -0.39 is 6.03 Å². The fraction of sp³-hybridized carbons (Fsp3) is 0.452. The van der Waals surface area contributed by atoms with Crippen molar-refractivity contribution >= 4 is 63.9 Å². The standard InChI is InChI=1S/C27H29Cl2N7O4S.C4H8/c1-4-20(37)32-16-7-5-6-8-17(16)33-26-31-12-15-13-35(24-22(28)18(39-2)11-19(40-3)23(24)29)27(38)36(25(15)34-26)14-21-30-9-10-41-21;1-2-4-3-1/h4,9-12,16-17H,1,5-8,13-14H2,2-3H3,(H,32,37)(H,31,33,34);1-4H2. The summed E-state index contributed by atoms with van der Waals surface area (Å²) < 4.78 is 10.8. The number of carbonyl (C=O) groups is 2. The molecular weight excluding hydrogens is 637 g/mol. The van der Waals surface area contributed by atoms with Gasteiger partial charge < -0.3 is 20.1 Å². The number of halogens is 2. The maximum Gasteiger partial charge on any atom is 0.330 e. The monoisotopic (exact) mass is 673 g/mol. The minimum atomic E-state index is -0.398. The molecule has 2 unspecified atom stereocenters.